The normalized spacial score (nSPS) is 14.7. The zero-order valence-electron chi connectivity index (χ0n) is 20.0. The lowest BCUT2D eigenvalue weighted by Gasteiger charge is -2.36. The lowest BCUT2D eigenvalue weighted by molar-refractivity contribution is 0.0750. The molecule has 1 aliphatic rings. The standard InChI is InChI=1S/C28H29F2N3O3/c29-22-10-6-20(7-11-22)26(21-8-12-23(30)13-9-21)35-19-2-1-14-32-15-17-33(18-16-32)25-5-3-4-24-27(25)36-28(34)31-24/h3-13,26H,1-2,14-19H2,(H,31,34). The first kappa shape index (κ1) is 24.2. The van der Waals surface area contributed by atoms with E-state index in [0.717, 1.165) is 67.9 Å². The quantitative estimate of drug-likeness (QED) is 0.329. The third kappa shape index (κ3) is 5.66. The molecule has 1 fully saturated rings. The summed E-state index contributed by atoms with van der Waals surface area (Å²) in [6, 6.07) is 18.3. The molecule has 1 aliphatic heterocycles. The number of benzene rings is 3. The van der Waals surface area contributed by atoms with Crippen LogP contribution >= 0.6 is 0 Å². The lowest BCUT2D eigenvalue weighted by Crippen LogP contribution is -2.46. The monoisotopic (exact) mass is 493 g/mol. The van der Waals surface area contributed by atoms with Crippen LogP contribution in [-0.4, -0.2) is 49.2 Å². The van der Waals surface area contributed by atoms with Gasteiger partial charge in [-0.15, -0.1) is 0 Å². The third-order valence-electron chi connectivity index (χ3n) is 6.64. The summed E-state index contributed by atoms with van der Waals surface area (Å²) in [5.41, 5.74) is 3.97. The van der Waals surface area contributed by atoms with Crippen LogP contribution in [0.1, 0.15) is 30.1 Å². The molecule has 2 heterocycles. The molecule has 3 aromatic carbocycles. The number of piperazine rings is 1. The van der Waals surface area contributed by atoms with Gasteiger partial charge < -0.3 is 14.1 Å². The van der Waals surface area contributed by atoms with Crippen molar-refractivity contribution in [1.82, 2.24) is 9.88 Å². The molecule has 0 spiro atoms. The minimum absolute atomic E-state index is 0.300. The van der Waals surface area contributed by atoms with E-state index in [1.807, 2.05) is 18.2 Å². The number of fused-ring (bicyclic) bond motifs is 1. The van der Waals surface area contributed by atoms with Crippen molar-refractivity contribution in [3.8, 4) is 0 Å². The molecular formula is C28H29F2N3O3. The minimum atomic E-state index is -0.431. The van der Waals surface area contributed by atoms with Gasteiger partial charge in [-0.3, -0.25) is 9.88 Å². The maximum absolute atomic E-state index is 13.4. The van der Waals surface area contributed by atoms with E-state index < -0.39 is 5.76 Å². The average molecular weight is 494 g/mol. The van der Waals surface area contributed by atoms with Gasteiger partial charge in [0.1, 0.15) is 17.7 Å². The zero-order valence-corrected chi connectivity index (χ0v) is 20.0. The summed E-state index contributed by atoms with van der Waals surface area (Å²) in [4.78, 5) is 19.0. The second kappa shape index (κ2) is 11.1. The number of rotatable bonds is 9. The molecule has 0 bridgehead atoms. The Morgan fingerprint density at radius 1 is 0.861 bits per heavy atom. The van der Waals surface area contributed by atoms with E-state index in [1.54, 1.807) is 24.3 Å². The highest BCUT2D eigenvalue weighted by Crippen LogP contribution is 2.28. The Balaban J connectivity index is 1.10. The summed E-state index contributed by atoms with van der Waals surface area (Å²) < 4.78 is 38.4. The van der Waals surface area contributed by atoms with Gasteiger partial charge in [0.05, 0.1) is 11.2 Å². The molecule has 36 heavy (non-hydrogen) atoms. The number of nitrogens with zero attached hydrogens (tertiary/aromatic N) is 2. The number of ether oxygens (including phenoxy) is 1. The second-order valence-electron chi connectivity index (χ2n) is 9.06. The first-order valence-corrected chi connectivity index (χ1v) is 12.3. The van der Waals surface area contributed by atoms with E-state index in [0.29, 0.717) is 12.2 Å². The molecule has 0 unspecified atom stereocenters. The maximum Gasteiger partial charge on any atom is 0.417 e. The summed E-state index contributed by atoms with van der Waals surface area (Å²) in [5.74, 6) is -1.03. The molecule has 0 aliphatic carbocycles. The number of aromatic amines is 1. The van der Waals surface area contributed by atoms with Gasteiger partial charge in [-0.2, -0.15) is 0 Å². The summed E-state index contributed by atoms with van der Waals surface area (Å²) in [6.07, 6.45) is 1.50. The predicted octanol–water partition coefficient (Wildman–Crippen LogP) is 5.11. The Hall–Kier alpha value is -3.49. The molecule has 0 amide bonds. The van der Waals surface area contributed by atoms with Crippen LogP contribution in [-0.2, 0) is 4.74 Å². The molecule has 4 aromatic rings. The topological polar surface area (TPSA) is 61.7 Å². The predicted molar refractivity (Wildman–Crippen MR) is 135 cm³/mol. The van der Waals surface area contributed by atoms with Crippen molar-refractivity contribution in [3.63, 3.8) is 0 Å². The summed E-state index contributed by atoms with van der Waals surface area (Å²) in [5, 5.41) is 0. The van der Waals surface area contributed by atoms with Gasteiger partial charge in [-0.05, 0) is 66.9 Å². The molecule has 1 aromatic heterocycles. The molecule has 1 saturated heterocycles. The molecule has 0 saturated carbocycles. The van der Waals surface area contributed by atoms with Gasteiger partial charge >= 0.3 is 5.76 Å². The molecule has 1 N–H and O–H groups in total. The highest BCUT2D eigenvalue weighted by molar-refractivity contribution is 5.86. The van der Waals surface area contributed by atoms with Crippen LogP contribution in [0, 0.1) is 11.6 Å². The molecule has 8 heteroatoms. The SMILES string of the molecule is O=c1[nH]c2cccc(N3CCN(CCCCOC(c4ccc(F)cc4)c4ccc(F)cc4)CC3)c2o1. The highest BCUT2D eigenvalue weighted by atomic mass is 19.1. The highest BCUT2D eigenvalue weighted by Gasteiger charge is 2.20. The van der Waals surface area contributed by atoms with Gasteiger partial charge in [0.25, 0.3) is 0 Å². The summed E-state index contributed by atoms with van der Waals surface area (Å²) in [7, 11) is 0. The van der Waals surface area contributed by atoms with Gasteiger partial charge in [0, 0.05) is 32.8 Å². The van der Waals surface area contributed by atoms with Crippen molar-refractivity contribution in [2.24, 2.45) is 0 Å². The van der Waals surface area contributed by atoms with Crippen LogP contribution in [0.15, 0.2) is 75.9 Å². The van der Waals surface area contributed by atoms with Gasteiger partial charge in [0.2, 0.25) is 0 Å². The Morgan fingerprint density at radius 2 is 1.50 bits per heavy atom. The van der Waals surface area contributed by atoms with Gasteiger partial charge in [-0.25, -0.2) is 13.6 Å². The number of nitrogens with one attached hydrogen (secondary N) is 1. The summed E-state index contributed by atoms with van der Waals surface area (Å²) in [6.45, 7) is 5.11. The molecule has 0 radical (unpaired) electrons. The smallest absolute Gasteiger partial charge is 0.406 e. The summed E-state index contributed by atoms with van der Waals surface area (Å²) >= 11 is 0. The number of H-pyrrole nitrogens is 1. The van der Waals surface area contributed by atoms with Crippen molar-refractivity contribution >= 4 is 16.8 Å². The van der Waals surface area contributed by atoms with Crippen molar-refractivity contribution in [1.29, 1.82) is 0 Å². The molecule has 5 rings (SSSR count). The number of hydrogen-bond donors (Lipinski definition) is 1. The van der Waals surface area contributed by atoms with Crippen molar-refractivity contribution < 1.29 is 17.9 Å². The number of anilines is 1. The van der Waals surface area contributed by atoms with Crippen LogP contribution < -0.4 is 10.7 Å². The lowest BCUT2D eigenvalue weighted by atomic mass is 10.0. The second-order valence-corrected chi connectivity index (χ2v) is 9.06. The Morgan fingerprint density at radius 3 is 2.14 bits per heavy atom. The number of hydrogen-bond acceptors (Lipinski definition) is 5. The first-order valence-electron chi connectivity index (χ1n) is 12.3. The number of para-hydroxylation sites is 1. The third-order valence-corrected chi connectivity index (χ3v) is 6.64. The molecular weight excluding hydrogens is 464 g/mol. The molecule has 188 valence electrons. The Kier molecular flexibility index (Phi) is 7.44. The van der Waals surface area contributed by atoms with Crippen molar-refractivity contribution in [3.05, 3.63) is 100 Å². The van der Waals surface area contributed by atoms with E-state index >= 15 is 0 Å². The van der Waals surface area contributed by atoms with E-state index in [1.165, 1.54) is 24.3 Å². The average Bonchev–Trinajstić information content (AvgIpc) is 3.28. The number of aromatic nitrogens is 1. The first-order chi connectivity index (χ1) is 17.6. The van der Waals surface area contributed by atoms with Crippen LogP contribution in [0.2, 0.25) is 0 Å². The van der Waals surface area contributed by atoms with Crippen LogP contribution in [0.5, 0.6) is 0 Å². The Labute approximate surface area is 208 Å². The fraction of sp³-hybridized carbons (Fsp3) is 0.321. The fourth-order valence-corrected chi connectivity index (χ4v) is 4.72. The number of halogens is 2. The van der Waals surface area contributed by atoms with Crippen molar-refractivity contribution in [2.75, 3.05) is 44.2 Å². The number of unbranched alkanes of at least 4 members (excludes halogenated alkanes) is 1. The van der Waals surface area contributed by atoms with Crippen molar-refractivity contribution in [2.45, 2.75) is 18.9 Å². The number of oxazole rings is 1. The fourth-order valence-electron chi connectivity index (χ4n) is 4.72. The van der Waals surface area contributed by atoms with E-state index in [2.05, 4.69) is 14.8 Å². The van der Waals surface area contributed by atoms with Crippen LogP contribution in [0.3, 0.4) is 0 Å². The van der Waals surface area contributed by atoms with Crippen LogP contribution in [0.25, 0.3) is 11.1 Å². The van der Waals surface area contributed by atoms with Crippen LogP contribution in [0.4, 0.5) is 14.5 Å². The molecule has 0 atom stereocenters. The maximum atomic E-state index is 13.4. The zero-order chi connectivity index (χ0) is 24.9. The molecule has 6 nitrogen and oxygen atoms in total. The van der Waals surface area contributed by atoms with Gasteiger partial charge in [0.15, 0.2) is 5.58 Å². The largest absolute Gasteiger partial charge is 0.417 e. The van der Waals surface area contributed by atoms with Gasteiger partial charge in [-0.1, -0.05) is 30.3 Å². The Bertz CT molecular complexity index is 1280. The van der Waals surface area contributed by atoms with E-state index in [4.69, 9.17) is 9.15 Å². The minimum Gasteiger partial charge on any atom is -0.406 e. The van der Waals surface area contributed by atoms with E-state index in [-0.39, 0.29) is 17.7 Å². The van der Waals surface area contributed by atoms with E-state index in [9.17, 15) is 13.6 Å².